The summed E-state index contributed by atoms with van der Waals surface area (Å²) in [6.45, 7) is 2.81. The molecule has 0 aliphatic heterocycles. The lowest BCUT2D eigenvalue weighted by Gasteiger charge is -2.10. The highest BCUT2D eigenvalue weighted by atomic mass is 79.9. The Morgan fingerprint density at radius 1 is 1.20 bits per heavy atom. The lowest BCUT2D eigenvalue weighted by molar-refractivity contribution is 0.355. The third-order valence-electron chi connectivity index (χ3n) is 2.73. The number of aromatic nitrogens is 2. The van der Waals surface area contributed by atoms with E-state index in [9.17, 15) is 0 Å². The van der Waals surface area contributed by atoms with E-state index < -0.39 is 0 Å². The molecule has 1 heterocycles. The van der Waals surface area contributed by atoms with Crippen molar-refractivity contribution in [2.75, 3.05) is 26.1 Å². The number of methoxy groups -OCH3 is 2. The van der Waals surface area contributed by atoms with Gasteiger partial charge in [0.25, 0.3) is 0 Å². The van der Waals surface area contributed by atoms with E-state index in [0.717, 1.165) is 22.4 Å². The van der Waals surface area contributed by atoms with Crippen molar-refractivity contribution in [3.05, 3.63) is 28.9 Å². The van der Waals surface area contributed by atoms with E-state index in [1.165, 1.54) is 0 Å². The Kier molecular flexibility index (Phi) is 4.79. The summed E-state index contributed by atoms with van der Waals surface area (Å²) in [5.41, 5.74) is 0.870. The summed E-state index contributed by atoms with van der Waals surface area (Å²) in [6.07, 6.45) is 1.73. The van der Waals surface area contributed by atoms with Crippen molar-refractivity contribution >= 4 is 21.7 Å². The first-order valence-electron chi connectivity index (χ1n) is 6.18. The second kappa shape index (κ2) is 6.56. The van der Waals surface area contributed by atoms with E-state index in [2.05, 4.69) is 31.2 Å². The monoisotopic (exact) mass is 337 g/mol. The second-order valence-corrected chi connectivity index (χ2v) is 4.84. The molecule has 0 bridgehead atoms. The van der Waals surface area contributed by atoms with E-state index in [0.29, 0.717) is 17.3 Å². The Hall–Kier alpha value is -1.82. The van der Waals surface area contributed by atoms with Crippen molar-refractivity contribution in [3.63, 3.8) is 0 Å². The minimum atomic E-state index is 0.630. The maximum Gasteiger partial charge on any atom is 0.161 e. The Labute approximate surface area is 126 Å². The van der Waals surface area contributed by atoms with Gasteiger partial charge in [0.15, 0.2) is 17.3 Å². The van der Waals surface area contributed by atoms with Crippen LogP contribution in [0.2, 0.25) is 0 Å². The lowest BCUT2D eigenvalue weighted by Crippen LogP contribution is -2.02. The number of benzene rings is 1. The smallest absolute Gasteiger partial charge is 0.161 e. The number of rotatable bonds is 5. The van der Waals surface area contributed by atoms with Crippen LogP contribution in [0.4, 0.5) is 5.82 Å². The molecule has 20 heavy (non-hydrogen) atoms. The van der Waals surface area contributed by atoms with E-state index in [-0.39, 0.29) is 0 Å². The molecule has 2 rings (SSSR count). The zero-order valence-corrected chi connectivity index (χ0v) is 13.2. The Morgan fingerprint density at radius 3 is 2.60 bits per heavy atom. The summed E-state index contributed by atoms with van der Waals surface area (Å²) < 4.78 is 11.4. The van der Waals surface area contributed by atoms with Crippen LogP contribution < -0.4 is 14.8 Å². The molecule has 0 fully saturated rings. The van der Waals surface area contributed by atoms with Gasteiger partial charge in [0, 0.05) is 18.3 Å². The summed E-state index contributed by atoms with van der Waals surface area (Å²) >= 11 is 3.42. The molecule has 6 heteroatoms. The molecular weight excluding hydrogens is 322 g/mol. The van der Waals surface area contributed by atoms with Gasteiger partial charge >= 0.3 is 0 Å². The van der Waals surface area contributed by atoms with Gasteiger partial charge in [-0.2, -0.15) is 0 Å². The SMILES string of the molecule is CCNc1nc(-c2ccc(OC)c(OC)c2)ncc1Br. The third kappa shape index (κ3) is 3.01. The molecule has 1 aromatic heterocycles. The van der Waals surface area contributed by atoms with Gasteiger partial charge in [-0.05, 0) is 41.1 Å². The fraction of sp³-hybridized carbons (Fsp3) is 0.286. The molecule has 2 aromatic rings. The minimum Gasteiger partial charge on any atom is -0.493 e. The summed E-state index contributed by atoms with van der Waals surface area (Å²) in [7, 11) is 3.21. The number of halogens is 1. The zero-order chi connectivity index (χ0) is 14.5. The predicted molar refractivity (Wildman–Crippen MR) is 82.4 cm³/mol. The molecule has 106 valence electrons. The van der Waals surface area contributed by atoms with E-state index in [1.807, 2.05) is 25.1 Å². The van der Waals surface area contributed by atoms with Gasteiger partial charge in [0.2, 0.25) is 0 Å². The molecule has 0 aliphatic rings. The standard InChI is InChI=1S/C14H16BrN3O2/c1-4-16-14-10(15)8-17-13(18-14)9-5-6-11(19-2)12(7-9)20-3/h5-8H,4H2,1-3H3,(H,16,17,18). The summed E-state index contributed by atoms with van der Waals surface area (Å²) in [5, 5.41) is 3.18. The largest absolute Gasteiger partial charge is 0.493 e. The van der Waals surface area contributed by atoms with Gasteiger partial charge < -0.3 is 14.8 Å². The Morgan fingerprint density at radius 2 is 1.95 bits per heavy atom. The molecule has 0 saturated heterocycles. The van der Waals surface area contributed by atoms with Crippen LogP contribution in [-0.4, -0.2) is 30.7 Å². The van der Waals surface area contributed by atoms with Gasteiger partial charge in [-0.25, -0.2) is 9.97 Å². The van der Waals surface area contributed by atoms with E-state index in [4.69, 9.17) is 9.47 Å². The molecule has 0 saturated carbocycles. The molecule has 0 aliphatic carbocycles. The normalized spacial score (nSPS) is 10.2. The van der Waals surface area contributed by atoms with Crippen molar-refractivity contribution in [2.24, 2.45) is 0 Å². The average molecular weight is 338 g/mol. The maximum atomic E-state index is 5.29. The summed E-state index contributed by atoms with van der Waals surface area (Å²) in [5.74, 6) is 2.74. The molecule has 0 radical (unpaired) electrons. The van der Waals surface area contributed by atoms with Crippen LogP contribution in [0, 0.1) is 0 Å². The zero-order valence-electron chi connectivity index (χ0n) is 11.6. The number of hydrogen-bond donors (Lipinski definition) is 1. The fourth-order valence-corrected chi connectivity index (χ4v) is 2.10. The highest BCUT2D eigenvalue weighted by Gasteiger charge is 2.10. The molecule has 1 N–H and O–H groups in total. The molecule has 0 spiro atoms. The van der Waals surface area contributed by atoms with Crippen LogP contribution in [0.1, 0.15) is 6.92 Å². The van der Waals surface area contributed by atoms with Crippen molar-refractivity contribution in [3.8, 4) is 22.9 Å². The Bertz CT molecular complexity index is 605. The molecule has 1 aromatic carbocycles. The Balaban J connectivity index is 2.43. The van der Waals surface area contributed by atoms with Gasteiger partial charge in [-0.15, -0.1) is 0 Å². The van der Waals surface area contributed by atoms with Crippen LogP contribution in [-0.2, 0) is 0 Å². The molecule has 0 unspecified atom stereocenters. The molecule has 5 nitrogen and oxygen atoms in total. The van der Waals surface area contributed by atoms with Crippen molar-refractivity contribution in [1.29, 1.82) is 0 Å². The highest BCUT2D eigenvalue weighted by molar-refractivity contribution is 9.10. The molecular formula is C14H16BrN3O2. The second-order valence-electron chi connectivity index (χ2n) is 3.99. The first-order valence-corrected chi connectivity index (χ1v) is 6.97. The van der Waals surface area contributed by atoms with Crippen molar-refractivity contribution < 1.29 is 9.47 Å². The van der Waals surface area contributed by atoms with Crippen molar-refractivity contribution in [1.82, 2.24) is 9.97 Å². The summed E-state index contributed by atoms with van der Waals surface area (Å²) in [4.78, 5) is 8.83. The number of hydrogen-bond acceptors (Lipinski definition) is 5. The van der Waals surface area contributed by atoms with Crippen LogP contribution in [0.5, 0.6) is 11.5 Å². The number of anilines is 1. The summed E-state index contributed by atoms with van der Waals surface area (Å²) in [6, 6.07) is 5.60. The van der Waals surface area contributed by atoms with Gasteiger partial charge in [-0.1, -0.05) is 0 Å². The van der Waals surface area contributed by atoms with E-state index in [1.54, 1.807) is 20.4 Å². The first kappa shape index (κ1) is 14.6. The van der Waals surface area contributed by atoms with Crippen molar-refractivity contribution in [2.45, 2.75) is 6.92 Å². The van der Waals surface area contributed by atoms with Crippen LogP contribution in [0.3, 0.4) is 0 Å². The van der Waals surface area contributed by atoms with Gasteiger partial charge in [0.1, 0.15) is 5.82 Å². The van der Waals surface area contributed by atoms with Gasteiger partial charge in [0.05, 0.1) is 18.7 Å². The third-order valence-corrected chi connectivity index (χ3v) is 3.31. The first-order chi connectivity index (χ1) is 9.69. The maximum absolute atomic E-state index is 5.29. The molecule has 0 amide bonds. The van der Waals surface area contributed by atoms with E-state index >= 15 is 0 Å². The van der Waals surface area contributed by atoms with Gasteiger partial charge in [-0.3, -0.25) is 0 Å². The lowest BCUT2D eigenvalue weighted by atomic mass is 10.2. The molecule has 0 atom stereocenters. The predicted octanol–water partition coefficient (Wildman–Crippen LogP) is 3.36. The fourth-order valence-electron chi connectivity index (χ4n) is 1.77. The number of nitrogens with one attached hydrogen (secondary N) is 1. The highest BCUT2D eigenvalue weighted by Crippen LogP contribution is 2.32. The van der Waals surface area contributed by atoms with Crippen LogP contribution in [0.25, 0.3) is 11.4 Å². The number of nitrogens with zero attached hydrogens (tertiary/aromatic N) is 2. The average Bonchev–Trinajstić information content (AvgIpc) is 2.49. The quantitative estimate of drug-likeness (QED) is 0.906. The minimum absolute atomic E-state index is 0.630. The van der Waals surface area contributed by atoms with Crippen LogP contribution in [0.15, 0.2) is 28.9 Å². The number of ether oxygens (including phenoxy) is 2. The topological polar surface area (TPSA) is 56.3 Å². The van der Waals surface area contributed by atoms with Crippen LogP contribution >= 0.6 is 15.9 Å².